The standard InChI is InChI=1S/C11H7IO3/c13-11-10-8-4-2-1-3-7(8)5-6-9(10)12(14)15-11/h1-6,14H. The Morgan fingerprint density at radius 1 is 1.13 bits per heavy atom. The van der Waals surface area contributed by atoms with Crippen LogP contribution in [0.1, 0.15) is 10.4 Å². The molecule has 1 N–H and O–H groups in total. The van der Waals surface area contributed by atoms with Crippen LogP contribution in [0, 0.1) is 3.57 Å². The second kappa shape index (κ2) is 3.18. The van der Waals surface area contributed by atoms with Gasteiger partial charge in [-0.15, -0.1) is 0 Å². The molecule has 0 bridgehead atoms. The molecular weight excluding hydrogens is 307 g/mol. The van der Waals surface area contributed by atoms with Gasteiger partial charge in [-0.05, 0) is 0 Å². The first kappa shape index (κ1) is 9.11. The van der Waals surface area contributed by atoms with Crippen molar-refractivity contribution in [2.45, 2.75) is 0 Å². The average Bonchev–Trinajstić information content (AvgIpc) is 2.55. The Labute approximate surface area is 94.2 Å². The van der Waals surface area contributed by atoms with Gasteiger partial charge in [0.05, 0.1) is 0 Å². The van der Waals surface area contributed by atoms with Crippen LogP contribution in [-0.4, -0.2) is 9.41 Å². The maximum absolute atomic E-state index is 11.5. The molecule has 2 aromatic rings. The summed E-state index contributed by atoms with van der Waals surface area (Å²) in [4.78, 5) is 11.5. The van der Waals surface area contributed by atoms with Gasteiger partial charge in [0.1, 0.15) is 0 Å². The first-order valence-corrected chi connectivity index (χ1v) is 7.33. The predicted octanol–water partition coefficient (Wildman–Crippen LogP) is 2.51. The van der Waals surface area contributed by atoms with Gasteiger partial charge in [-0.3, -0.25) is 0 Å². The minimum atomic E-state index is -2.63. The molecule has 0 aromatic heterocycles. The van der Waals surface area contributed by atoms with E-state index in [1.54, 1.807) is 6.07 Å². The third-order valence-corrected chi connectivity index (χ3v) is 5.11. The van der Waals surface area contributed by atoms with E-state index >= 15 is 0 Å². The molecule has 0 aliphatic carbocycles. The van der Waals surface area contributed by atoms with Crippen LogP contribution in [0.4, 0.5) is 0 Å². The molecule has 1 aliphatic rings. The van der Waals surface area contributed by atoms with Crippen LogP contribution in [0.2, 0.25) is 0 Å². The van der Waals surface area contributed by atoms with Gasteiger partial charge in [-0.1, -0.05) is 0 Å². The number of carbonyl (C=O) groups is 1. The molecule has 76 valence electrons. The second-order valence-electron chi connectivity index (χ2n) is 3.24. The average molecular weight is 314 g/mol. The number of halogens is 1. The van der Waals surface area contributed by atoms with Crippen LogP contribution < -0.4 is 0 Å². The summed E-state index contributed by atoms with van der Waals surface area (Å²) in [6.45, 7) is 0. The molecule has 0 atom stereocenters. The second-order valence-corrected chi connectivity index (χ2v) is 6.16. The van der Waals surface area contributed by atoms with E-state index in [2.05, 4.69) is 0 Å². The normalized spacial score (nSPS) is 16.6. The Kier molecular flexibility index (Phi) is 1.93. The third-order valence-electron chi connectivity index (χ3n) is 2.40. The van der Waals surface area contributed by atoms with Crippen LogP contribution in [0.5, 0.6) is 0 Å². The van der Waals surface area contributed by atoms with E-state index in [4.69, 9.17) is 3.07 Å². The Bertz CT molecular complexity index is 565. The Hall–Kier alpha value is -1.14. The van der Waals surface area contributed by atoms with E-state index in [0.29, 0.717) is 9.13 Å². The van der Waals surface area contributed by atoms with Gasteiger partial charge in [0.25, 0.3) is 0 Å². The summed E-state index contributed by atoms with van der Waals surface area (Å²) in [5, 5.41) is 1.87. The summed E-state index contributed by atoms with van der Waals surface area (Å²) in [5.41, 5.74) is 0.556. The molecule has 15 heavy (non-hydrogen) atoms. The number of fused-ring (bicyclic) bond motifs is 3. The molecule has 1 heterocycles. The maximum atomic E-state index is 11.5. The minimum absolute atomic E-state index is 0.380. The van der Waals surface area contributed by atoms with Gasteiger partial charge in [0.2, 0.25) is 0 Å². The van der Waals surface area contributed by atoms with Crippen molar-refractivity contribution in [2.24, 2.45) is 0 Å². The molecule has 0 amide bonds. The van der Waals surface area contributed by atoms with Crippen LogP contribution in [0.25, 0.3) is 10.8 Å². The first-order valence-electron chi connectivity index (χ1n) is 4.41. The van der Waals surface area contributed by atoms with Crippen molar-refractivity contribution in [3.05, 3.63) is 45.5 Å². The van der Waals surface area contributed by atoms with Crippen LogP contribution >= 0.6 is 20.6 Å². The van der Waals surface area contributed by atoms with Gasteiger partial charge >= 0.3 is 94.2 Å². The molecule has 1 aliphatic heterocycles. The molecule has 4 heteroatoms. The molecule has 3 rings (SSSR count). The quantitative estimate of drug-likeness (QED) is 0.760. The molecule has 2 aromatic carbocycles. The summed E-state index contributed by atoms with van der Waals surface area (Å²) in [6, 6.07) is 11.3. The molecule has 0 unspecified atom stereocenters. The Balaban J connectivity index is 2.44. The monoisotopic (exact) mass is 314 g/mol. The molecule has 0 saturated heterocycles. The number of benzene rings is 2. The van der Waals surface area contributed by atoms with Crippen molar-refractivity contribution in [2.75, 3.05) is 0 Å². The number of hydrogen-bond donors (Lipinski definition) is 1. The topological polar surface area (TPSA) is 46.5 Å². The van der Waals surface area contributed by atoms with Crippen molar-refractivity contribution in [3.63, 3.8) is 0 Å². The van der Waals surface area contributed by atoms with Crippen LogP contribution in [-0.2, 0) is 3.07 Å². The molecule has 0 saturated carbocycles. The van der Waals surface area contributed by atoms with E-state index < -0.39 is 20.6 Å². The van der Waals surface area contributed by atoms with Crippen molar-refractivity contribution >= 4 is 37.4 Å². The van der Waals surface area contributed by atoms with Gasteiger partial charge in [0.15, 0.2) is 0 Å². The van der Waals surface area contributed by atoms with E-state index in [-0.39, 0.29) is 5.97 Å². The van der Waals surface area contributed by atoms with Gasteiger partial charge < -0.3 is 0 Å². The van der Waals surface area contributed by atoms with Gasteiger partial charge in [0, 0.05) is 0 Å². The number of rotatable bonds is 0. The summed E-state index contributed by atoms with van der Waals surface area (Å²) >= 11 is -2.63. The number of hydrogen-bond acceptors (Lipinski definition) is 3. The Morgan fingerprint density at radius 3 is 2.80 bits per heavy atom. The molecule has 0 fully saturated rings. The zero-order valence-corrected chi connectivity index (χ0v) is 9.76. The SMILES string of the molecule is O=C1OI(O)c2ccc3ccccc3c21. The first-order chi connectivity index (χ1) is 7.27. The van der Waals surface area contributed by atoms with E-state index in [1.807, 2.05) is 30.3 Å². The molecule has 3 nitrogen and oxygen atoms in total. The summed E-state index contributed by atoms with van der Waals surface area (Å²) in [7, 11) is 0. The molecular formula is C11H7IO3. The van der Waals surface area contributed by atoms with Crippen molar-refractivity contribution < 1.29 is 11.3 Å². The fraction of sp³-hybridized carbons (Fsp3) is 0. The summed E-state index contributed by atoms with van der Waals surface area (Å²) < 4.78 is 15.2. The zero-order chi connectivity index (χ0) is 10.4. The third kappa shape index (κ3) is 1.25. The molecule has 0 radical (unpaired) electrons. The fourth-order valence-electron chi connectivity index (χ4n) is 1.73. The van der Waals surface area contributed by atoms with Crippen LogP contribution in [0.3, 0.4) is 0 Å². The Morgan fingerprint density at radius 2 is 1.93 bits per heavy atom. The van der Waals surface area contributed by atoms with Crippen molar-refractivity contribution in [1.29, 1.82) is 0 Å². The number of carbonyl (C=O) groups excluding carboxylic acids is 1. The fourth-order valence-corrected chi connectivity index (χ4v) is 4.03. The van der Waals surface area contributed by atoms with Crippen molar-refractivity contribution in [3.8, 4) is 0 Å². The summed E-state index contributed by atoms with van der Waals surface area (Å²) in [6.07, 6.45) is 0. The van der Waals surface area contributed by atoms with Crippen molar-refractivity contribution in [1.82, 2.24) is 0 Å². The van der Waals surface area contributed by atoms with Gasteiger partial charge in [-0.2, -0.15) is 0 Å². The summed E-state index contributed by atoms with van der Waals surface area (Å²) in [5.74, 6) is -0.380. The molecule has 0 spiro atoms. The predicted molar refractivity (Wildman–Crippen MR) is 64.3 cm³/mol. The van der Waals surface area contributed by atoms with E-state index in [1.165, 1.54) is 0 Å². The van der Waals surface area contributed by atoms with E-state index in [0.717, 1.165) is 10.8 Å². The van der Waals surface area contributed by atoms with E-state index in [9.17, 15) is 8.23 Å². The van der Waals surface area contributed by atoms with Crippen LogP contribution in [0.15, 0.2) is 36.4 Å². The van der Waals surface area contributed by atoms with Gasteiger partial charge in [-0.25, -0.2) is 0 Å². The zero-order valence-electron chi connectivity index (χ0n) is 7.61.